The molecule has 1 aromatic carbocycles. The monoisotopic (exact) mass is 332 g/mol. The van der Waals surface area contributed by atoms with E-state index in [-0.39, 0.29) is 17.6 Å². The zero-order valence-electron chi connectivity index (χ0n) is 11.2. The van der Waals surface area contributed by atoms with E-state index in [1.54, 1.807) is 12.0 Å². The summed E-state index contributed by atoms with van der Waals surface area (Å²) in [5.74, 6) is -0.748. The molecule has 4 nitrogen and oxygen atoms in total. The highest BCUT2D eigenvalue weighted by atomic mass is 79.9. The van der Waals surface area contributed by atoms with Gasteiger partial charge in [-0.15, -0.1) is 0 Å². The fourth-order valence-electron chi connectivity index (χ4n) is 1.67. The molecule has 0 fully saturated rings. The van der Waals surface area contributed by atoms with E-state index in [4.69, 9.17) is 10.5 Å². The number of nitrogen functional groups attached to an aromatic ring is 1. The van der Waals surface area contributed by atoms with Crippen LogP contribution in [0.1, 0.15) is 24.2 Å². The van der Waals surface area contributed by atoms with E-state index >= 15 is 0 Å². The van der Waals surface area contributed by atoms with Gasteiger partial charge >= 0.3 is 0 Å². The van der Waals surface area contributed by atoms with Gasteiger partial charge in [0.15, 0.2) is 0 Å². The largest absolute Gasteiger partial charge is 0.396 e. The number of nitrogens with two attached hydrogens (primary N) is 1. The number of halogens is 2. The molecular weight excluding hydrogens is 315 g/mol. The lowest BCUT2D eigenvalue weighted by atomic mass is 10.1. The Kier molecular flexibility index (Phi) is 5.75. The third-order valence-electron chi connectivity index (χ3n) is 2.74. The van der Waals surface area contributed by atoms with Crippen LogP contribution in [0.15, 0.2) is 16.6 Å². The summed E-state index contributed by atoms with van der Waals surface area (Å²) in [7, 11) is 1.58. The van der Waals surface area contributed by atoms with Gasteiger partial charge < -0.3 is 15.4 Å². The highest BCUT2D eigenvalue weighted by Crippen LogP contribution is 2.24. The molecule has 0 aromatic heterocycles. The lowest BCUT2D eigenvalue weighted by Crippen LogP contribution is -2.39. The van der Waals surface area contributed by atoms with E-state index in [9.17, 15) is 9.18 Å². The number of amides is 1. The molecule has 0 heterocycles. The number of nitrogens with zero attached hydrogens (tertiary/aromatic N) is 1. The second-order valence-corrected chi connectivity index (χ2v) is 5.29. The van der Waals surface area contributed by atoms with Crippen molar-refractivity contribution in [2.45, 2.75) is 19.9 Å². The zero-order valence-corrected chi connectivity index (χ0v) is 12.8. The molecule has 0 aliphatic heterocycles. The number of hydrogen-bond acceptors (Lipinski definition) is 3. The summed E-state index contributed by atoms with van der Waals surface area (Å²) < 4.78 is 18.7. The van der Waals surface area contributed by atoms with Crippen LogP contribution in [-0.4, -0.2) is 37.1 Å². The van der Waals surface area contributed by atoms with Gasteiger partial charge in [0.1, 0.15) is 5.82 Å². The Morgan fingerprint density at radius 1 is 1.53 bits per heavy atom. The Labute approximate surface area is 120 Å². The lowest BCUT2D eigenvalue weighted by molar-refractivity contribution is 0.0634. The molecule has 1 amide bonds. The van der Waals surface area contributed by atoms with Crippen LogP contribution in [0.2, 0.25) is 0 Å². The van der Waals surface area contributed by atoms with E-state index in [0.29, 0.717) is 23.2 Å². The van der Waals surface area contributed by atoms with Gasteiger partial charge in [-0.05, 0) is 41.9 Å². The van der Waals surface area contributed by atoms with Crippen LogP contribution in [0.4, 0.5) is 10.1 Å². The quantitative estimate of drug-likeness (QED) is 0.843. The first-order valence-corrected chi connectivity index (χ1v) is 6.72. The number of carbonyl (C=O) groups excluding carboxylic acids is 1. The van der Waals surface area contributed by atoms with E-state index in [0.717, 1.165) is 0 Å². The molecule has 0 aliphatic carbocycles. The van der Waals surface area contributed by atoms with Gasteiger partial charge in [0, 0.05) is 24.2 Å². The van der Waals surface area contributed by atoms with Crippen molar-refractivity contribution in [2.24, 2.45) is 0 Å². The highest BCUT2D eigenvalue weighted by molar-refractivity contribution is 9.10. The minimum atomic E-state index is -0.545. The van der Waals surface area contributed by atoms with Crippen LogP contribution < -0.4 is 5.73 Å². The predicted octanol–water partition coefficient (Wildman–Crippen LogP) is 2.67. The summed E-state index contributed by atoms with van der Waals surface area (Å²) in [5.41, 5.74) is 5.82. The van der Waals surface area contributed by atoms with Crippen molar-refractivity contribution < 1.29 is 13.9 Å². The summed E-state index contributed by atoms with van der Waals surface area (Å²) in [6.45, 7) is 4.73. The molecule has 19 heavy (non-hydrogen) atoms. The number of rotatable bonds is 5. The number of benzene rings is 1. The maximum atomic E-state index is 13.3. The molecule has 1 rings (SSSR count). The molecule has 1 aromatic rings. The minimum Gasteiger partial charge on any atom is -0.396 e. The van der Waals surface area contributed by atoms with Gasteiger partial charge in [0.05, 0.1) is 17.9 Å². The van der Waals surface area contributed by atoms with Crippen molar-refractivity contribution in [3.8, 4) is 0 Å². The first-order chi connectivity index (χ1) is 8.88. The van der Waals surface area contributed by atoms with E-state index in [2.05, 4.69) is 15.9 Å². The molecule has 0 atom stereocenters. The predicted molar refractivity (Wildman–Crippen MR) is 76.6 cm³/mol. The maximum absolute atomic E-state index is 13.3. The lowest BCUT2D eigenvalue weighted by Gasteiger charge is -2.27. The second-order valence-electron chi connectivity index (χ2n) is 4.44. The molecule has 0 spiro atoms. The van der Waals surface area contributed by atoms with Crippen molar-refractivity contribution in [1.82, 2.24) is 4.90 Å². The molecule has 0 radical (unpaired) electrons. The fourth-order valence-corrected chi connectivity index (χ4v) is 2.15. The highest BCUT2D eigenvalue weighted by Gasteiger charge is 2.21. The smallest absolute Gasteiger partial charge is 0.255 e. The molecule has 0 saturated carbocycles. The Morgan fingerprint density at radius 3 is 2.68 bits per heavy atom. The van der Waals surface area contributed by atoms with Crippen molar-refractivity contribution >= 4 is 27.5 Å². The molecule has 0 unspecified atom stereocenters. The van der Waals surface area contributed by atoms with Crippen LogP contribution in [0, 0.1) is 5.82 Å². The summed E-state index contributed by atoms with van der Waals surface area (Å²) in [6.07, 6.45) is 0. The van der Waals surface area contributed by atoms with Crippen LogP contribution in [0.5, 0.6) is 0 Å². The molecular formula is C13H18BrFN2O2. The topological polar surface area (TPSA) is 55.6 Å². The summed E-state index contributed by atoms with van der Waals surface area (Å²) in [6, 6.07) is 2.57. The first-order valence-electron chi connectivity index (χ1n) is 5.93. The van der Waals surface area contributed by atoms with Gasteiger partial charge in [-0.25, -0.2) is 4.39 Å². The van der Waals surface area contributed by atoms with Gasteiger partial charge in [0.25, 0.3) is 5.91 Å². The van der Waals surface area contributed by atoms with E-state index in [1.165, 1.54) is 12.1 Å². The van der Waals surface area contributed by atoms with Crippen molar-refractivity contribution in [3.05, 3.63) is 28.0 Å². The van der Waals surface area contributed by atoms with E-state index in [1.807, 2.05) is 13.8 Å². The molecule has 2 N–H and O–H groups in total. The van der Waals surface area contributed by atoms with Gasteiger partial charge in [0.2, 0.25) is 0 Å². The minimum absolute atomic E-state index is 0.0147. The molecule has 106 valence electrons. The molecule has 0 bridgehead atoms. The SMILES string of the molecule is COCCN(C(=O)c1cc(N)c(F)cc1Br)C(C)C. The number of anilines is 1. The number of carbonyl (C=O) groups is 1. The maximum Gasteiger partial charge on any atom is 0.255 e. The summed E-state index contributed by atoms with van der Waals surface area (Å²) >= 11 is 3.19. The fraction of sp³-hybridized carbons (Fsp3) is 0.462. The Hall–Kier alpha value is -1.14. The molecule has 0 saturated heterocycles. The summed E-state index contributed by atoms with van der Waals surface area (Å²) in [5, 5.41) is 0. The molecule has 6 heteroatoms. The van der Waals surface area contributed by atoms with Crippen LogP contribution in [-0.2, 0) is 4.74 Å². The zero-order chi connectivity index (χ0) is 14.6. The average molecular weight is 333 g/mol. The second kappa shape index (κ2) is 6.86. The Bertz CT molecular complexity index is 466. The van der Waals surface area contributed by atoms with Crippen LogP contribution in [0.3, 0.4) is 0 Å². The molecule has 0 aliphatic rings. The first kappa shape index (κ1) is 15.9. The van der Waals surface area contributed by atoms with Gasteiger partial charge in [-0.3, -0.25) is 4.79 Å². The average Bonchev–Trinajstić information content (AvgIpc) is 2.33. The third-order valence-corrected chi connectivity index (χ3v) is 3.39. The standard InChI is InChI=1S/C13H18BrFN2O2/c1-8(2)17(4-5-19-3)13(18)9-6-12(16)11(15)7-10(9)14/h6-8H,4-5,16H2,1-3H3. The number of hydrogen-bond donors (Lipinski definition) is 1. The summed E-state index contributed by atoms with van der Waals surface area (Å²) in [4.78, 5) is 14.1. The van der Waals surface area contributed by atoms with Crippen LogP contribution in [0.25, 0.3) is 0 Å². The normalized spacial score (nSPS) is 10.8. The van der Waals surface area contributed by atoms with Gasteiger partial charge in [-0.1, -0.05) is 0 Å². The van der Waals surface area contributed by atoms with Crippen LogP contribution >= 0.6 is 15.9 Å². The van der Waals surface area contributed by atoms with E-state index < -0.39 is 5.82 Å². The number of ether oxygens (including phenoxy) is 1. The Morgan fingerprint density at radius 2 is 2.16 bits per heavy atom. The van der Waals surface area contributed by atoms with Crippen molar-refractivity contribution in [2.75, 3.05) is 26.0 Å². The number of methoxy groups -OCH3 is 1. The van der Waals surface area contributed by atoms with Crippen molar-refractivity contribution in [3.63, 3.8) is 0 Å². The van der Waals surface area contributed by atoms with Crippen molar-refractivity contribution in [1.29, 1.82) is 0 Å². The Balaban J connectivity index is 3.06. The third kappa shape index (κ3) is 3.91. The van der Waals surface area contributed by atoms with Gasteiger partial charge in [-0.2, -0.15) is 0 Å².